The summed E-state index contributed by atoms with van der Waals surface area (Å²) in [4.78, 5) is 11.8. The summed E-state index contributed by atoms with van der Waals surface area (Å²) in [7, 11) is 1.88. The van der Waals surface area contributed by atoms with Crippen molar-refractivity contribution in [2.45, 2.75) is 26.2 Å². The molecule has 1 heterocycles. The van der Waals surface area contributed by atoms with Crippen LogP contribution in [0.3, 0.4) is 0 Å². The number of rotatable bonds is 5. The van der Waals surface area contributed by atoms with Gasteiger partial charge >= 0.3 is 5.97 Å². The van der Waals surface area contributed by atoms with E-state index in [4.69, 9.17) is 4.74 Å². The fraction of sp³-hybridized carbons (Fsp3) is 0.353. The van der Waals surface area contributed by atoms with Crippen LogP contribution in [-0.2, 0) is 18.2 Å². The number of aromatic nitrogens is 1. The predicted molar refractivity (Wildman–Crippen MR) is 79.9 cm³/mol. The van der Waals surface area contributed by atoms with Gasteiger partial charge in [0.15, 0.2) is 0 Å². The third kappa shape index (κ3) is 3.29. The highest BCUT2D eigenvalue weighted by atomic mass is 16.5. The van der Waals surface area contributed by atoms with Gasteiger partial charge in [0.1, 0.15) is 5.69 Å². The van der Waals surface area contributed by atoms with Gasteiger partial charge in [-0.25, -0.2) is 4.79 Å². The standard InChI is InChI=1S/C17H21NO2/c1-4-20-17(19)16-11-14(12-18(16)3)10-13(2)15-8-6-5-7-9-15/h5-9,11-13H,4,10H2,1-3H3. The molecule has 3 nitrogen and oxygen atoms in total. The van der Waals surface area contributed by atoms with E-state index in [-0.39, 0.29) is 5.97 Å². The molecule has 1 aromatic carbocycles. The minimum Gasteiger partial charge on any atom is -0.461 e. The molecule has 0 aliphatic rings. The summed E-state index contributed by atoms with van der Waals surface area (Å²) in [6.45, 7) is 4.42. The van der Waals surface area contributed by atoms with Crippen LogP contribution < -0.4 is 0 Å². The zero-order chi connectivity index (χ0) is 14.5. The molecule has 3 heteroatoms. The molecule has 1 aromatic heterocycles. The maximum atomic E-state index is 11.8. The second-order valence-electron chi connectivity index (χ2n) is 5.08. The quantitative estimate of drug-likeness (QED) is 0.779. The lowest BCUT2D eigenvalue weighted by Gasteiger charge is -2.10. The van der Waals surface area contributed by atoms with Crippen molar-refractivity contribution in [3.63, 3.8) is 0 Å². The van der Waals surface area contributed by atoms with Crippen molar-refractivity contribution >= 4 is 5.97 Å². The Morgan fingerprint density at radius 3 is 2.65 bits per heavy atom. The predicted octanol–water partition coefficient (Wildman–Crippen LogP) is 3.55. The Labute approximate surface area is 120 Å². The van der Waals surface area contributed by atoms with Crippen molar-refractivity contribution in [3.8, 4) is 0 Å². The Bertz CT molecular complexity index is 572. The molecule has 2 rings (SSSR count). The summed E-state index contributed by atoms with van der Waals surface area (Å²) in [6.07, 6.45) is 2.92. The van der Waals surface area contributed by atoms with Crippen LogP contribution in [-0.4, -0.2) is 17.1 Å². The molecule has 1 atom stereocenters. The number of nitrogens with zero attached hydrogens (tertiary/aromatic N) is 1. The SMILES string of the molecule is CCOC(=O)c1cc(CC(C)c2ccccc2)cn1C. The largest absolute Gasteiger partial charge is 0.461 e. The summed E-state index contributed by atoms with van der Waals surface area (Å²) < 4.78 is 6.89. The maximum absolute atomic E-state index is 11.8. The van der Waals surface area contributed by atoms with Crippen LogP contribution in [0.15, 0.2) is 42.6 Å². The number of esters is 1. The lowest BCUT2D eigenvalue weighted by Crippen LogP contribution is -2.08. The molecule has 0 fully saturated rings. The zero-order valence-electron chi connectivity index (χ0n) is 12.3. The van der Waals surface area contributed by atoms with Crippen molar-refractivity contribution in [2.75, 3.05) is 6.61 Å². The molecule has 0 saturated carbocycles. The van der Waals surface area contributed by atoms with E-state index in [1.165, 1.54) is 5.56 Å². The van der Waals surface area contributed by atoms with Crippen molar-refractivity contribution < 1.29 is 9.53 Å². The number of carbonyl (C=O) groups is 1. The van der Waals surface area contributed by atoms with E-state index in [9.17, 15) is 4.79 Å². The van der Waals surface area contributed by atoms with E-state index < -0.39 is 0 Å². The van der Waals surface area contributed by atoms with Gasteiger partial charge in [0.25, 0.3) is 0 Å². The van der Waals surface area contributed by atoms with E-state index in [0.29, 0.717) is 18.2 Å². The molecule has 0 spiro atoms. The number of hydrogen-bond acceptors (Lipinski definition) is 2. The van der Waals surface area contributed by atoms with Gasteiger partial charge in [-0.15, -0.1) is 0 Å². The van der Waals surface area contributed by atoms with E-state index >= 15 is 0 Å². The van der Waals surface area contributed by atoms with Crippen LogP contribution in [0.5, 0.6) is 0 Å². The zero-order valence-corrected chi connectivity index (χ0v) is 12.3. The summed E-state index contributed by atoms with van der Waals surface area (Å²) in [5, 5.41) is 0. The van der Waals surface area contributed by atoms with E-state index in [0.717, 1.165) is 12.0 Å². The summed E-state index contributed by atoms with van der Waals surface area (Å²) in [6, 6.07) is 12.3. The summed E-state index contributed by atoms with van der Waals surface area (Å²) in [5.41, 5.74) is 3.09. The van der Waals surface area contributed by atoms with Gasteiger partial charge in [-0.2, -0.15) is 0 Å². The lowest BCUT2D eigenvalue weighted by molar-refractivity contribution is 0.0515. The minimum absolute atomic E-state index is 0.256. The van der Waals surface area contributed by atoms with Gasteiger partial charge in [0.05, 0.1) is 6.61 Å². The molecule has 2 aromatic rings. The Kier molecular flexibility index (Phi) is 4.61. The maximum Gasteiger partial charge on any atom is 0.354 e. The van der Waals surface area contributed by atoms with Crippen LogP contribution in [0.2, 0.25) is 0 Å². The van der Waals surface area contributed by atoms with Gasteiger partial charge < -0.3 is 9.30 Å². The highest BCUT2D eigenvalue weighted by molar-refractivity contribution is 5.88. The Hall–Kier alpha value is -2.03. The molecule has 0 saturated heterocycles. The molecular weight excluding hydrogens is 250 g/mol. The molecule has 106 valence electrons. The molecular formula is C17H21NO2. The third-order valence-electron chi connectivity index (χ3n) is 3.46. The molecule has 0 N–H and O–H groups in total. The number of hydrogen-bond donors (Lipinski definition) is 0. The topological polar surface area (TPSA) is 31.2 Å². The first-order chi connectivity index (χ1) is 9.61. The average molecular weight is 271 g/mol. The van der Waals surface area contributed by atoms with Crippen molar-refractivity contribution in [3.05, 3.63) is 59.4 Å². The first kappa shape index (κ1) is 14.4. The number of carbonyl (C=O) groups excluding carboxylic acids is 1. The summed E-state index contributed by atoms with van der Waals surface area (Å²) >= 11 is 0. The van der Waals surface area contributed by atoms with Crippen LogP contribution in [0.1, 0.15) is 41.4 Å². The molecule has 1 unspecified atom stereocenters. The second kappa shape index (κ2) is 6.42. The highest BCUT2D eigenvalue weighted by Gasteiger charge is 2.14. The van der Waals surface area contributed by atoms with Crippen molar-refractivity contribution in [1.29, 1.82) is 0 Å². The van der Waals surface area contributed by atoms with Gasteiger partial charge in [0, 0.05) is 13.2 Å². The summed E-state index contributed by atoms with van der Waals surface area (Å²) in [5.74, 6) is 0.169. The molecule has 0 radical (unpaired) electrons. The Morgan fingerprint density at radius 1 is 1.30 bits per heavy atom. The fourth-order valence-corrected chi connectivity index (χ4v) is 2.41. The van der Waals surface area contributed by atoms with Crippen LogP contribution in [0, 0.1) is 0 Å². The first-order valence-electron chi connectivity index (χ1n) is 6.99. The fourth-order valence-electron chi connectivity index (χ4n) is 2.41. The molecule has 20 heavy (non-hydrogen) atoms. The third-order valence-corrected chi connectivity index (χ3v) is 3.46. The van der Waals surface area contributed by atoms with E-state index in [1.54, 1.807) is 0 Å². The molecule has 0 aliphatic carbocycles. The minimum atomic E-state index is -0.256. The molecule has 0 aliphatic heterocycles. The first-order valence-corrected chi connectivity index (χ1v) is 6.99. The monoisotopic (exact) mass is 271 g/mol. The average Bonchev–Trinajstić information content (AvgIpc) is 2.81. The van der Waals surface area contributed by atoms with E-state index in [2.05, 4.69) is 31.2 Å². The van der Waals surface area contributed by atoms with Gasteiger partial charge in [-0.05, 0) is 36.5 Å². The highest BCUT2D eigenvalue weighted by Crippen LogP contribution is 2.21. The van der Waals surface area contributed by atoms with Crippen LogP contribution in [0.25, 0.3) is 0 Å². The van der Waals surface area contributed by atoms with Gasteiger partial charge in [-0.1, -0.05) is 37.3 Å². The van der Waals surface area contributed by atoms with Gasteiger partial charge in [-0.3, -0.25) is 0 Å². The normalized spacial score (nSPS) is 12.2. The smallest absolute Gasteiger partial charge is 0.354 e. The van der Waals surface area contributed by atoms with Crippen molar-refractivity contribution in [1.82, 2.24) is 4.57 Å². The number of ether oxygens (including phenoxy) is 1. The van der Waals surface area contributed by atoms with Crippen LogP contribution in [0.4, 0.5) is 0 Å². The number of benzene rings is 1. The number of aryl methyl sites for hydroxylation is 1. The van der Waals surface area contributed by atoms with Crippen LogP contribution >= 0.6 is 0 Å². The molecule has 0 amide bonds. The second-order valence-corrected chi connectivity index (χ2v) is 5.08. The molecule has 0 bridgehead atoms. The van der Waals surface area contributed by atoms with E-state index in [1.807, 2.05) is 36.9 Å². The Morgan fingerprint density at radius 2 is 2.00 bits per heavy atom. The van der Waals surface area contributed by atoms with Gasteiger partial charge in [0.2, 0.25) is 0 Å². The van der Waals surface area contributed by atoms with Crippen molar-refractivity contribution in [2.24, 2.45) is 7.05 Å². The lowest BCUT2D eigenvalue weighted by atomic mass is 9.95. The Balaban J connectivity index is 2.11.